The zero-order valence-corrected chi connectivity index (χ0v) is 10.8. The summed E-state index contributed by atoms with van der Waals surface area (Å²) >= 11 is 0. The monoisotopic (exact) mass is 218 g/mol. The zero-order chi connectivity index (χ0) is 11.7. The summed E-state index contributed by atoms with van der Waals surface area (Å²) in [5.74, 6) is 0. The summed E-state index contributed by atoms with van der Waals surface area (Å²) in [5, 5.41) is 0. The third kappa shape index (κ3) is 10.2. The lowest BCUT2D eigenvalue weighted by molar-refractivity contribution is -0.0713. The smallest absolute Gasteiger partial charge is 0.0784 e. The summed E-state index contributed by atoms with van der Waals surface area (Å²) in [7, 11) is 0. The van der Waals surface area contributed by atoms with Gasteiger partial charge in [0, 0.05) is 6.61 Å². The summed E-state index contributed by atoms with van der Waals surface area (Å²) in [6.45, 7) is 12.3. The average molecular weight is 218 g/mol. The molecule has 3 heteroatoms. The molecule has 0 aliphatic heterocycles. The van der Waals surface area contributed by atoms with E-state index >= 15 is 0 Å². The Labute approximate surface area is 94.1 Å². The van der Waals surface area contributed by atoms with Crippen molar-refractivity contribution >= 4 is 0 Å². The molecule has 0 aromatic heterocycles. The molecule has 0 bridgehead atoms. The minimum absolute atomic E-state index is 0.148. The van der Waals surface area contributed by atoms with Crippen LogP contribution in [0.1, 0.15) is 41.0 Å². The minimum atomic E-state index is 0.148. The van der Waals surface area contributed by atoms with E-state index in [2.05, 4.69) is 6.92 Å². The lowest BCUT2D eigenvalue weighted by atomic mass is 10.4. The molecule has 0 N–H and O–H groups in total. The van der Waals surface area contributed by atoms with Crippen LogP contribution in [0.25, 0.3) is 0 Å². The second-order valence-electron chi connectivity index (χ2n) is 4.21. The van der Waals surface area contributed by atoms with Gasteiger partial charge in [0.05, 0.1) is 31.5 Å². The zero-order valence-electron chi connectivity index (χ0n) is 10.8. The highest BCUT2D eigenvalue weighted by molar-refractivity contribution is 4.53. The molecule has 0 heterocycles. The first kappa shape index (κ1) is 14.9. The summed E-state index contributed by atoms with van der Waals surface area (Å²) < 4.78 is 16.6. The Balaban J connectivity index is 3.39. The van der Waals surface area contributed by atoms with Crippen molar-refractivity contribution in [3.05, 3.63) is 0 Å². The fourth-order valence-electron chi connectivity index (χ4n) is 1.25. The summed E-state index contributed by atoms with van der Waals surface area (Å²) in [6, 6.07) is 0. The van der Waals surface area contributed by atoms with Gasteiger partial charge in [-0.2, -0.15) is 0 Å². The predicted molar refractivity (Wildman–Crippen MR) is 62.2 cm³/mol. The van der Waals surface area contributed by atoms with Crippen LogP contribution >= 0.6 is 0 Å². The van der Waals surface area contributed by atoms with Gasteiger partial charge in [0.15, 0.2) is 0 Å². The van der Waals surface area contributed by atoms with Crippen LogP contribution in [0.2, 0.25) is 0 Å². The van der Waals surface area contributed by atoms with Crippen molar-refractivity contribution in [1.82, 2.24) is 0 Å². The van der Waals surface area contributed by atoms with Crippen LogP contribution in [-0.2, 0) is 14.2 Å². The Kier molecular flexibility index (Phi) is 9.06. The molecule has 0 rings (SSSR count). The van der Waals surface area contributed by atoms with Gasteiger partial charge >= 0.3 is 0 Å². The van der Waals surface area contributed by atoms with Crippen molar-refractivity contribution < 1.29 is 14.2 Å². The van der Waals surface area contributed by atoms with Crippen molar-refractivity contribution in [3.63, 3.8) is 0 Å². The van der Waals surface area contributed by atoms with Crippen molar-refractivity contribution in [2.45, 2.75) is 59.4 Å². The molecule has 0 aliphatic carbocycles. The van der Waals surface area contributed by atoms with Gasteiger partial charge in [0.1, 0.15) is 0 Å². The highest BCUT2D eigenvalue weighted by Crippen LogP contribution is 2.00. The Morgan fingerprint density at radius 3 is 2.13 bits per heavy atom. The Hall–Kier alpha value is -0.120. The van der Waals surface area contributed by atoms with Crippen LogP contribution in [0, 0.1) is 0 Å². The molecule has 0 saturated carbocycles. The van der Waals surface area contributed by atoms with Crippen molar-refractivity contribution in [2.24, 2.45) is 0 Å². The molecule has 0 amide bonds. The Bertz CT molecular complexity index is 137. The molecule has 0 saturated heterocycles. The summed E-state index contributed by atoms with van der Waals surface area (Å²) in [4.78, 5) is 0. The van der Waals surface area contributed by atoms with E-state index in [0.717, 1.165) is 13.0 Å². The van der Waals surface area contributed by atoms with E-state index in [1.165, 1.54) is 0 Å². The molecule has 2 atom stereocenters. The highest BCUT2D eigenvalue weighted by atomic mass is 16.6. The quantitative estimate of drug-likeness (QED) is 0.557. The van der Waals surface area contributed by atoms with Gasteiger partial charge in [-0.15, -0.1) is 0 Å². The lowest BCUT2D eigenvalue weighted by Crippen LogP contribution is -2.25. The molecule has 0 radical (unpaired) electrons. The van der Waals surface area contributed by atoms with Crippen molar-refractivity contribution in [1.29, 1.82) is 0 Å². The molecule has 2 unspecified atom stereocenters. The Morgan fingerprint density at radius 2 is 1.60 bits per heavy atom. The molecule has 0 aliphatic rings. The summed E-state index contributed by atoms with van der Waals surface area (Å²) in [5.41, 5.74) is 0. The fourth-order valence-corrected chi connectivity index (χ4v) is 1.25. The van der Waals surface area contributed by atoms with Crippen LogP contribution in [0.15, 0.2) is 0 Å². The second-order valence-corrected chi connectivity index (χ2v) is 4.21. The first-order chi connectivity index (χ1) is 7.06. The van der Waals surface area contributed by atoms with E-state index in [0.29, 0.717) is 13.2 Å². The van der Waals surface area contributed by atoms with E-state index in [4.69, 9.17) is 14.2 Å². The maximum Gasteiger partial charge on any atom is 0.0784 e. The first-order valence-corrected chi connectivity index (χ1v) is 5.91. The largest absolute Gasteiger partial charge is 0.379 e. The SMILES string of the molecule is CCCOCC(C)OCC(C)OC(C)C. The fraction of sp³-hybridized carbons (Fsp3) is 1.00. The minimum Gasteiger partial charge on any atom is -0.379 e. The number of ether oxygens (including phenoxy) is 3. The molecular formula is C12H26O3. The van der Waals surface area contributed by atoms with Crippen molar-refractivity contribution in [2.75, 3.05) is 19.8 Å². The summed E-state index contributed by atoms with van der Waals surface area (Å²) in [6.07, 6.45) is 1.61. The van der Waals surface area contributed by atoms with Gasteiger partial charge in [0.2, 0.25) is 0 Å². The molecule has 0 fully saturated rings. The lowest BCUT2D eigenvalue weighted by Gasteiger charge is -2.19. The van der Waals surface area contributed by atoms with Gasteiger partial charge in [-0.3, -0.25) is 0 Å². The van der Waals surface area contributed by atoms with E-state index in [1.807, 2.05) is 27.7 Å². The van der Waals surface area contributed by atoms with Gasteiger partial charge in [-0.1, -0.05) is 6.92 Å². The second kappa shape index (κ2) is 9.13. The molecule has 15 heavy (non-hydrogen) atoms. The molecular weight excluding hydrogens is 192 g/mol. The number of hydrogen-bond donors (Lipinski definition) is 0. The van der Waals surface area contributed by atoms with E-state index < -0.39 is 0 Å². The van der Waals surface area contributed by atoms with Crippen LogP contribution in [0.5, 0.6) is 0 Å². The van der Waals surface area contributed by atoms with Gasteiger partial charge in [0.25, 0.3) is 0 Å². The standard InChI is InChI=1S/C12H26O3/c1-6-7-13-8-11(4)14-9-12(5)15-10(2)3/h10-12H,6-9H2,1-5H3. The third-order valence-corrected chi connectivity index (χ3v) is 1.82. The van der Waals surface area contributed by atoms with Gasteiger partial charge < -0.3 is 14.2 Å². The highest BCUT2D eigenvalue weighted by Gasteiger charge is 2.08. The number of hydrogen-bond acceptors (Lipinski definition) is 3. The first-order valence-electron chi connectivity index (χ1n) is 5.91. The maximum atomic E-state index is 5.60. The predicted octanol–water partition coefficient (Wildman–Crippen LogP) is 2.63. The molecule has 92 valence electrons. The van der Waals surface area contributed by atoms with E-state index in [9.17, 15) is 0 Å². The van der Waals surface area contributed by atoms with Crippen LogP contribution in [-0.4, -0.2) is 38.1 Å². The molecule has 0 spiro atoms. The number of rotatable bonds is 9. The normalized spacial score (nSPS) is 15.6. The van der Waals surface area contributed by atoms with E-state index in [1.54, 1.807) is 0 Å². The van der Waals surface area contributed by atoms with Crippen LogP contribution in [0.3, 0.4) is 0 Å². The van der Waals surface area contributed by atoms with Crippen LogP contribution < -0.4 is 0 Å². The molecule has 0 aromatic carbocycles. The van der Waals surface area contributed by atoms with Crippen LogP contribution in [0.4, 0.5) is 0 Å². The average Bonchev–Trinajstić information content (AvgIpc) is 2.14. The van der Waals surface area contributed by atoms with Crippen molar-refractivity contribution in [3.8, 4) is 0 Å². The Morgan fingerprint density at radius 1 is 0.933 bits per heavy atom. The molecule has 0 aromatic rings. The van der Waals surface area contributed by atoms with E-state index in [-0.39, 0.29) is 18.3 Å². The maximum absolute atomic E-state index is 5.60. The molecule has 3 nitrogen and oxygen atoms in total. The third-order valence-electron chi connectivity index (χ3n) is 1.82. The van der Waals surface area contributed by atoms with Gasteiger partial charge in [-0.05, 0) is 34.1 Å². The topological polar surface area (TPSA) is 27.7 Å². The van der Waals surface area contributed by atoms with Gasteiger partial charge in [-0.25, -0.2) is 0 Å².